The van der Waals surface area contributed by atoms with Crippen LogP contribution in [-0.2, 0) is 4.74 Å². The number of quaternary nitrogens is 1. The first kappa shape index (κ1) is 15.1. The number of rotatable bonds is 4. The number of hydrogen-bond acceptors (Lipinski definition) is 2. The number of nitrogens with one attached hydrogen (secondary N) is 1. The standard InChI is InChI=1S/C14H19BrClNO2/c1-10-8-17(9-11(2)19-10)5-6-18-14-4-3-12(15)7-13(14)16/h3-4,7,10-11H,5-6,8-9H2,1-2H3/p+1/t10-,11+. The fourth-order valence-corrected chi connectivity index (χ4v) is 3.22. The molecule has 0 aliphatic carbocycles. The molecule has 0 saturated carbocycles. The summed E-state index contributed by atoms with van der Waals surface area (Å²) in [6.45, 7) is 7.99. The van der Waals surface area contributed by atoms with E-state index in [9.17, 15) is 0 Å². The van der Waals surface area contributed by atoms with Crippen molar-refractivity contribution in [1.82, 2.24) is 0 Å². The van der Waals surface area contributed by atoms with Crippen LogP contribution in [0.2, 0.25) is 5.02 Å². The molecule has 2 rings (SSSR count). The molecule has 1 N–H and O–H groups in total. The average molecular weight is 350 g/mol. The van der Waals surface area contributed by atoms with Gasteiger partial charge in [-0.25, -0.2) is 0 Å². The predicted molar refractivity (Wildman–Crippen MR) is 80.2 cm³/mol. The molecule has 1 aromatic carbocycles. The van der Waals surface area contributed by atoms with Crippen molar-refractivity contribution in [2.75, 3.05) is 26.2 Å². The smallest absolute Gasteiger partial charge is 0.138 e. The van der Waals surface area contributed by atoms with Gasteiger partial charge in [0.25, 0.3) is 0 Å². The van der Waals surface area contributed by atoms with Crippen molar-refractivity contribution in [1.29, 1.82) is 0 Å². The summed E-state index contributed by atoms with van der Waals surface area (Å²) >= 11 is 9.50. The van der Waals surface area contributed by atoms with E-state index in [1.807, 2.05) is 18.2 Å². The van der Waals surface area contributed by atoms with Crippen LogP contribution in [0.25, 0.3) is 0 Å². The number of ether oxygens (including phenoxy) is 2. The molecular formula is C14H20BrClNO2+. The highest BCUT2D eigenvalue weighted by Crippen LogP contribution is 2.27. The van der Waals surface area contributed by atoms with E-state index in [4.69, 9.17) is 21.1 Å². The van der Waals surface area contributed by atoms with E-state index in [0.717, 1.165) is 29.9 Å². The Morgan fingerprint density at radius 2 is 2.05 bits per heavy atom. The zero-order chi connectivity index (χ0) is 13.8. The highest BCUT2D eigenvalue weighted by molar-refractivity contribution is 9.10. The van der Waals surface area contributed by atoms with Gasteiger partial charge in [-0.15, -0.1) is 0 Å². The maximum atomic E-state index is 6.12. The van der Waals surface area contributed by atoms with Crippen LogP contribution >= 0.6 is 27.5 Å². The minimum Gasteiger partial charge on any atom is -0.486 e. The van der Waals surface area contributed by atoms with Crippen LogP contribution in [0.1, 0.15) is 13.8 Å². The zero-order valence-corrected chi connectivity index (χ0v) is 13.6. The fraction of sp³-hybridized carbons (Fsp3) is 0.571. The van der Waals surface area contributed by atoms with Crippen LogP contribution in [-0.4, -0.2) is 38.4 Å². The molecular weight excluding hydrogens is 330 g/mol. The minimum atomic E-state index is 0.329. The molecule has 0 amide bonds. The number of morpholine rings is 1. The highest BCUT2D eigenvalue weighted by Gasteiger charge is 2.25. The maximum Gasteiger partial charge on any atom is 0.138 e. The van der Waals surface area contributed by atoms with E-state index in [1.165, 1.54) is 4.90 Å². The number of halogens is 2. The molecule has 1 heterocycles. The van der Waals surface area contributed by atoms with E-state index in [1.54, 1.807) is 0 Å². The molecule has 0 radical (unpaired) electrons. The molecule has 3 atom stereocenters. The van der Waals surface area contributed by atoms with E-state index >= 15 is 0 Å². The highest BCUT2D eigenvalue weighted by atomic mass is 79.9. The van der Waals surface area contributed by atoms with Gasteiger partial charge >= 0.3 is 0 Å². The van der Waals surface area contributed by atoms with Crippen molar-refractivity contribution in [2.24, 2.45) is 0 Å². The lowest BCUT2D eigenvalue weighted by Crippen LogP contribution is -3.16. The van der Waals surface area contributed by atoms with Gasteiger partial charge < -0.3 is 14.4 Å². The van der Waals surface area contributed by atoms with Crippen molar-refractivity contribution >= 4 is 27.5 Å². The van der Waals surface area contributed by atoms with Crippen LogP contribution in [0.4, 0.5) is 0 Å². The molecule has 19 heavy (non-hydrogen) atoms. The monoisotopic (exact) mass is 348 g/mol. The molecule has 0 spiro atoms. The Morgan fingerprint density at radius 3 is 2.68 bits per heavy atom. The molecule has 0 aromatic heterocycles. The van der Waals surface area contributed by atoms with Gasteiger partial charge in [-0.2, -0.15) is 0 Å². The molecule has 1 aromatic rings. The summed E-state index contributed by atoms with van der Waals surface area (Å²) in [5, 5.41) is 0.646. The largest absolute Gasteiger partial charge is 0.486 e. The normalized spacial score (nSPS) is 27.3. The quantitative estimate of drug-likeness (QED) is 0.900. The fourth-order valence-electron chi connectivity index (χ4n) is 2.49. The Hall–Kier alpha value is -0.290. The van der Waals surface area contributed by atoms with Crippen LogP contribution in [0.15, 0.2) is 22.7 Å². The Kier molecular flexibility index (Phi) is 5.51. The molecule has 1 aliphatic heterocycles. The van der Waals surface area contributed by atoms with Gasteiger partial charge in [0.05, 0.1) is 5.02 Å². The lowest BCUT2D eigenvalue weighted by molar-refractivity contribution is -0.915. The van der Waals surface area contributed by atoms with E-state index in [-0.39, 0.29) is 0 Å². The van der Waals surface area contributed by atoms with Gasteiger partial charge in [0, 0.05) is 4.47 Å². The van der Waals surface area contributed by atoms with Gasteiger partial charge in [0.2, 0.25) is 0 Å². The molecule has 1 saturated heterocycles. The average Bonchev–Trinajstić information content (AvgIpc) is 2.30. The summed E-state index contributed by atoms with van der Waals surface area (Å²) < 4.78 is 12.4. The third-order valence-electron chi connectivity index (χ3n) is 3.22. The summed E-state index contributed by atoms with van der Waals surface area (Å²) in [5.41, 5.74) is 0. The van der Waals surface area contributed by atoms with Crippen molar-refractivity contribution in [3.63, 3.8) is 0 Å². The Labute approximate surface area is 128 Å². The number of hydrogen-bond donors (Lipinski definition) is 1. The van der Waals surface area contributed by atoms with E-state index in [2.05, 4.69) is 29.8 Å². The molecule has 5 heteroatoms. The van der Waals surface area contributed by atoms with Gasteiger partial charge in [-0.1, -0.05) is 27.5 Å². The lowest BCUT2D eigenvalue weighted by atomic mass is 10.2. The maximum absolute atomic E-state index is 6.12. The third kappa shape index (κ3) is 4.63. The molecule has 1 unspecified atom stereocenters. The second-order valence-electron chi connectivity index (χ2n) is 5.09. The molecule has 1 fully saturated rings. The predicted octanol–water partition coefficient (Wildman–Crippen LogP) is 2.17. The van der Waals surface area contributed by atoms with Gasteiger partial charge in [0.1, 0.15) is 44.2 Å². The minimum absolute atomic E-state index is 0.329. The third-order valence-corrected chi connectivity index (χ3v) is 4.01. The first-order valence-electron chi connectivity index (χ1n) is 6.61. The van der Waals surface area contributed by atoms with Crippen LogP contribution in [0.3, 0.4) is 0 Å². The molecule has 0 bridgehead atoms. The Balaban J connectivity index is 1.80. The molecule has 106 valence electrons. The van der Waals surface area contributed by atoms with Crippen LogP contribution in [0, 0.1) is 0 Å². The Morgan fingerprint density at radius 1 is 1.37 bits per heavy atom. The SMILES string of the molecule is C[C@@H]1C[NH+](CCOc2ccc(Br)cc2Cl)C[C@H](C)O1. The number of benzene rings is 1. The second-order valence-corrected chi connectivity index (χ2v) is 6.41. The van der Waals surface area contributed by atoms with Gasteiger partial charge in [-0.3, -0.25) is 0 Å². The summed E-state index contributed by atoms with van der Waals surface area (Å²) in [4.78, 5) is 1.53. The Bertz CT molecular complexity index is 420. The molecule has 1 aliphatic rings. The van der Waals surface area contributed by atoms with E-state index in [0.29, 0.717) is 23.8 Å². The molecule has 3 nitrogen and oxygen atoms in total. The van der Waals surface area contributed by atoms with Crippen LogP contribution < -0.4 is 9.64 Å². The topological polar surface area (TPSA) is 22.9 Å². The van der Waals surface area contributed by atoms with E-state index < -0.39 is 0 Å². The first-order chi connectivity index (χ1) is 9.04. The zero-order valence-electron chi connectivity index (χ0n) is 11.3. The summed E-state index contributed by atoms with van der Waals surface area (Å²) in [5.74, 6) is 0.749. The van der Waals surface area contributed by atoms with Crippen molar-refractivity contribution in [3.8, 4) is 5.75 Å². The summed E-state index contributed by atoms with van der Waals surface area (Å²) in [6.07, 6.45) is 0.657. The summed E-state index contributed by atoms with van der Waals surface area (Å²) in [7, 11) is 0. The van der Waals surface area contributed by atoms with Crippen molar-refractivity contribution in [2.45, 2.75) is 26.1 Å². The van der Waals surface area contributed by atoms with Gasteiger partial charge in [-0.05, 0) is 32.0 Å². The first-order valence-corrected chi connectivity index (χ1v) is 7.78. The lowest BCUT2D eigenvalue weighted by Gasteiger charge is -2.32. The summed E-state index contributed by atoms with van der Waals surface area (Å²) in [6, 6.07) is 5.68. The second kappa shape index (κ2) is 6.93. The van der Waals surface area contributed by atoms with Crippen molar-refractivity contribution < 1.29 is 14.4 Å². The van der Waals surface area contributed by atoms with Gasteiger partial charge in [0.15, 0.2) is 0 Å². The van der Waals surface area contributed by atoms with Crippen molar-refractivity contribution in [3.05, 3.63) is 27.7 Å². The van der Waals surface area contributed by atoms with Crippen LogP contribution in [0.5, 0.6) is 5.75 Å².